The van der Waals surface area contributed by atoms with E-state index in [1.54, 1.807) is 7.11 Å². The van der Waals surface area contributed by atoms with E-state index in [2.05, 4.69) is 86.4 Å². The van der Waals surface area contributed by atoms with Crippen LogP contribution in [0.3, 0.4) is 0 Å². The van der Waals surface area contributed by atoms with Gasteiger partial charge < -0.3 is 14.7 Å². The molecular formula is C39H51N3O4. The van der Waals surface area contributed by atoms with Gasteiger partial charge in [-0.2, -0.15) is 5.10 Å². The van der Waals surface area contributed by atoms with Gasteiger partial charge in [-0.1, -0.05) is 24.3 Å². The molecule has 46 heavy (non-hydrogen) atoms. The number of carbonyl (C=O) groups excluding carboxylic acids is 1. The molecule has 1 aromatic heterocycles. The number of benzene rings is 2. The molecule has 1 heterocycles. The number of ether oxygens (including phenoxy) is 1. The van der Waals surface area contributed by atoms with Crippen LogP contribution in [-0.2, 0) is 20.5 Å². The summed E-state index contributed by atoms with van der Waals surface area (Å²) < 4.78 is 7.54. The molecule has 4 aliphatic carbocycles. The molecule has 4 fully saturated rings. The molecule has 0 saturated heterocycles. The summed E-state index contributed by atoms with van der Waals surface area (Å²) in [5, 5.41) is 14.0. The van der Waals surface area contributed by atoms with Gasteiger partial charge in [-0.25, -0.2) is 0 Å². The molecule has 0 aliphatic heterocycles. The van der Waals surface area contributed by atoms with Crippen LogP contribution in [0.15, 0.2) is 54.9 Å². The molecule has 7 heteroatoms. The second-order valence-corrected chi connectivity index (χ2v) is 15.6. The fourth-order valence-corrected chi connectivity index (χ4v) is 8.55. The Kier molecular flexibility index (Phi) is 8.81. The lowest BCUT2D eigenvalue weighted by Gasteiger charge is -2.55. The summed E-state index contributed by atoms with van der Waals surface area (Å²) in [5.41, 5.74) is 5.91. The Balaban J connectivity index is 1.26. The van der Waals surface area contributed by atoms with Crippen LogP contribution in [0.2, 0.25) is 0 Å². The lowest BCUT2D eigenvalue weighted by molar-refractivity contribution is -0.138. The number of amides is 1. The molecule has 7 nitrogen and oxygen atoms in total. The predicted molar refractivity (Wildman–Crippen MR) is 182 cm³/mol. The summed E-state index contributed by atoms with van der Waals surface area (Å²) in [7, 11) is 1.74. The highest BCUT2D eigenvalue weighted by molar-refractivity contribution is 5.96. The highest BCUT2D eigenvalue weighted by Gasteiger charge is 2.50. The van der Waals surface area contributed by atoms with Crippen molar-refractivity contribution >= 4 is 17.6 Å². The number of aliphatic carboxylic acids is 1. The van der Waals surface area contributed by atoms with E-state index in [1.165, 1.54) is 11.1 Å². The molecule has 0 atom stereocenters. The Morgan fingerprint density at radius 1 is 0.978 bits per heavy atom. The highest BCUT2D eigenvalue weighted by atomic mass is 16.5. The zero-order valence-electron chi connectivity index (χ0n) is 28.3. The van der Waals surface area contributed by atoms with Gasteiger partial charge in [-0.15, -0.1) is 0 Å². The quantitative estimate of drug-likeness (QED) is 0.258. The minimum atomic E-state index is -0.738. The molecule has 2 aromatic carbocycles. The van der Waals surface area contributed by atoms with E-state index >= 15 is 0 Å². The molecule has 1 amide bonds. The van der Waals surface area contributed by atoms with Gasteiger partial charge in [0.1, 0.15) is 5.75 Å². The smallest absolute Gasteiger partial charge is 0.303 e. The number of carbonyl (C=O) groups is 2. The average molecular weight is 626 g/mol. The molecule has 3 aromatic rings. The number of aromatic nitrogens is 2. The van der Waals surface area contributed by atoms with Crippen LogP contribution in [0.1, 0.15) is 103 Å². The number of carboxylic acids is 1. The van der Waals surface area contributed by atoms with Crippen molar-refractivity contribution in [3.8, 4) is 16.9 Å². The van der Waals surface area contributed by atoms with Gasteiger partial charge in [0, 0.05) is 36.3 Å². The Bertz CT molecular complexity index is 1550. The van der Waals surface area contributed by atoms with Gasteiger partial charge in [0.2, 0.25) is 5.91 Å². The van der Waals surface area contributed by atoms with Crippen molar-refractivity contribution in [1.82, 2.24) is 9.78 Å². The third-order valence-electron chi connectivity index (χ3n) is 11.6. The van der Waals surface area contributed by atoms with Crippen LogP contribution in [0.25, 0.3) is 11.1 Å². The number of fused-ring (bicyclic) bond motifs is 3. The molecule has 2 bridgehead atoms. The normalized spacial score (nSPS) is 26.1. The zero-order chi connectivity index (χ0) is 32.7. The van der Waals surface area contributed by atoms with Crippen LogP contribution in [0, 0.1) is 24.2 Å². The van der Waals surface area contributed by atoms with E-state index in [-0.39, 0.29) is 40.5 Å². The van der Waals surface area contributed by atoms with Gasteiger partial charge in [0.05, 0.1) is 18.8 Å². The van der Waals surface area contributed by atoms with Crippen molar-refractivity contribution in [3.05, 3.63) is 66.0 Å². The number of rotatable bonds is 9. The molecule has 0 unspecified atom stereocenters. The summed E-state index contributed by atoms with van der Waals surface area (Å²) in [6.45, 7) is 9.30. The number of nitrogens with zero attached hydrogens (tertiary/aromatic N) is 3. The maximum Gasteiger partial charge on any atom is 0.303 e. The third kappa shape index (κ3) is 6.47. The van der Waals surface area contributed by atoms with Crippen LogP contribution in [0.4, 0.5) is 5.69 Å². The van der Waals surface area contributed by atoms with E-state index in [0.29, 0.717) is 0 Å². The summed E-state index contributed by atoms with van der Waals surface area (Å²) in [6.07, 6.45) is 14.1. The Labute approximate surface area is 274 Å². The largest absolute Gasteiger partial charge is 0.496 e. The monoisotopic (exact) mass is 625 g/mol. The molecule has 7 rings (SSSR count). The third-order valence-corrected chi connectivity index (χ3v) is 11.6. The Morgan fingerprint density at radius 2 is 1.67 bits per heavy atom. The standard InChI is InChI=1S/C39H51N3O4/c1-27-21-32(13-14-34(27)46-5)39-18-15-38(16-19-39,17-20-39)26-41(36(45)29-11-9-28(10-12-29)22-35(43)44)33-8-6-7-30(23-33)31-24-40-42(25-31)37(2,3)4/h6-8,13-14,21,23-25,28-29H,9-12,15-20,22,26H2,1-5H3,(H,43,44). The second kappa shape index (κ2) is 12.5. The zero-order valence-corrected chi connectivity index (χ0v) is 28.3. The highest BCUT2D eigenvalue weighted by Crippen LogP contribution is 2.58. The fraction of sp³-hybridized carbons (Fsp3) is 0.564. The molecule has 0 radical (unpaired) electrons. The van der Waals surface area contributed by atoms with Crippen molar-refractivity contribution in [3.63, 3.8) is 0 Å². The first-order chi connectivity index (χ1) is 21.9. The predicted octanol–water partition coefficient (Wildman–Crippen LogP) is 8.53. The maximum absolute atomic E-state index is 14.5. The van der Waals surface area contributed by atoms with Crippen molar-refractivity contribution in [2.75, 3.05) is 18.6 Å². The summed E-state index contributed by atoms with van der Waals surface area (Å²) in [4.78, 5) is 28.0. The van der Waals surface area contributed by atoms with Crippen LogP contribution in [-0.4, -0.2) is 40.4 Å². The van der Waals surface area contributed by atoms with Gasteiger partial charge in [0.25, 0.3) is 0 Å². The van der Waals surface area contributed by atoms with E-state index in [0.717, 1.165) is 93.3 Å². The first-order valence-corrected chi connectivity index (χ1v) is 17.2. The summed E-state index contributed by atoms with van der Waals surface area (Å²) >= 11 is 0. The Morgan fingerprint density at radius 3 is 2.26 bits per heavy atom. The van der Waals surface area contributed by atoms with Crippen molar-refractivity contribution in [2.45, 2.75) is 109 Å². The minimum Gasteiger partial charge on any atom is -0.496 e. The Hall–Kier alpha value is -3.61. The molecular weight excluding hydrogens is 574 g/mol. The first kappa shape index (κ1) is 32.3. The number of hydrogen-bond donors (Lipinski definition) is 1. The van der Waals surface area contributed by atoms with Crippen LogP contribution in [0.5, 0.6) is 5.75 Å². The first-order valence-electron chi connectivity index (χ1n) is 17.2. The van der Waals surface area contributed by atoms with Crippen LogP contribution >= 0.6 is 0 Å². The number of anilines is 1. The molecule has 4 saturated carbocycles. The van der Waals surface area contributed by atoms with E-state index in [9.17, 15) is 14.7 Å². The lowest BCUT2D eigenvalue weighted by atomic mass is 9.51. The lowest BCUT2D eigenvalue weighted by Crippen LogP contribution is -2.51. The molecule has 0 spiro atoms. The minimum absolute atomic E-state index is 0.0673. The number of aryl methyl sites for hydroxylation is 1. The molecule has 246 valence electrons. The van der Waals surface area contributed by atoms with Crippen molar-refractivity contribution < 1.29 is 19.4 Å². The number of hydrogen-bond acceptors (Lipinski definition) is 4. The summed E-state index contributed by atoms with van der Waals surface area (Å²) in [6, 6.07) is 15.2. The van der Waals surface area contributed by atoms with Gasteiger partial charge in [-0.05, 0) is 144 Å². The van der Waals surface area contributed by atoms with E-state index in [4.69, 9.17) is 4.74 Å². The maximum atomic E-state index is 14.5. The summed E-state index contributed by atoms with van der Waals surface area (Å²) in [5.74, 6) is 0.515. The number of carboxylic acid groups (broad SMARTS) is 1. The van der Waals surface area contributed by atoms with E-state index in [1.807, 2.05) is 10.9 Å². The average Bonchev–Trinajstić information content (AvgIpc) is 3.56. The van der Waals surface area contributed by atoms with Crippen molar-refractivity contribution in [1.29, 1.82) is 0 Å². The van der Waals surface area contributed by atoms with Crippen molar-refractivity contribution in [2.24, 2.45) is 17.3 Å². The van der Waals surface area contributed by atoms with Crippen LogP contribution < -0.4 is 9.64 Å². The van der Waals surface area contributed by atoms with Gasteiger partial charge in [-0.3, -0.25) is 14.3 Å². The van der Waals surface area contributed by atoms with E-state index < -0.39 is 5.97 Å². The topological polar surface area (TPSA) is 84.7 Å². The fourth-order valence-electron chi connectivity index (χ4n) is 8.55. The van der Waals surface area contributed by atoms with Gasteiger partial charge >= 0.3 is 5.97 Å². The van der Waals surface area contributed by atoms with Gasteiger partial charge in [0.15, 0.2) is 0 Å². The SMILES string of the molecule is COc1ccc(C23CCC(CN(C(=O)C4CCC(CC(=O)O)CC4)c4cccc(-c5cnn(C(C)(C)C)c5)c4)(CC2)CC3)cc1C. The number of methoxy groups -OCH3 is 1. The molecule has 1 N–H and O–H groups in total. The molecule has 4 aliphatic rings. The second-order valence-electron chi connectivity index (χ2n) is 15.6.